The Morgan fingerprint density at radius 3 is 2.26 bits per heavy atom. The molecule has 0 aliphatic carbocycles. The van der Waals surface area contributed by atoms with Gasteiger partial charge in [-0.2, -0.15) is 0 Å². The quantitative estimate of drug-likeness (QED) is 0.700. The summed E-state index contributed by atoms with van der Waals surface area (Å²) in [4.78, 5) is 17.2. The standard InChI is InChI=1S/C22H27N3O5S/c1-17(22(26)24-12-10-23(11-13-24)18-6-4-3-5-7-18)25(31(2,27)28)19-8-9-20-21(16-19)30-15-14-29-20/h3-9,16-17H,10-15H2,1-2H3/t17-/m1/s1. The summed E-state index contributed by atoms with van der Waals surface area (Å²) < 4.78 is 37.6. The van der Waals surface area contributed by atoms with E-state index >= 15 is 0 Å². The normalized spacial score (nSPS) is 17.2. The van der Waals surface area contributed by atoms with Crippen molar-refractivity contribution in [3.05, 3.63) is 48.5 Å². The molecule has 0 radical (unpaired) electrons. The summed E-state index contributed by atoms with van der Waals surface area (Å²) in [7, 11) is -3.70. The number of fused-ring (bicyclic) bond motifs is 1. The summed E-state index contributed by atoms with van der Waals surface area (Å²) in [6.07, 6.45) is 1.11. The molecule has 1 fully saturated rings. The Bertz CT molecular complexity index is 1040. The maximum atomic E-state index is 13.2. The van der Waals surface area contributed by atoms with Crippen molar-refractivity contribution >= 4 is 27.3 Å². The third-order valence-electron chi connectivity index (χ3n) is 5.56. The number of anilines is 2. The van der Waals surface area contributed by atoms with Crippen molar-refractivity contribution in [3.8, 4) is 11.5 Å². The van der Waals surface area contributed by atoms with Gasteiger partial charge in [0.2, 0.25) is 15.9 Å². The van der Waals surface area contributed by atoms with Crippen LogP contribution in [-0.2, 0) is 14.8 Å². The molecule has 4 rings (SSSR count). The van der Waals surface area contributed by atoms with Gasteiger partial charge in [-0.1, -0.05) is 18.2 Å². The lowest BCUT2D eigenvalue weighted by atomic mass is 10.2. The summed E-state index contributed by atoms with van der Waals surface area (Å²) in [5.41, 5.74) is 1.51. The molecule has 0 aromatic heterocycles. The van der Waals surface area contributed by atoms with Crippen molar-refractivity contribution in [3.63, 3.8) is 0 Å². The fourth-order valence-electron chi connectivity index (χ4n) is 4.06. The highest BCUT2D eigenvalue weighted by Gasteiger charge is 2.34. The van der Waals surface area contributed by atoms with Crippen molar-refractivity contribution in [1.29, 1.82) is 0 Å². The van der Waals surface area contributed by atoms with Crippen LogP contribution in [0.15, 0.2) is 48.5 Å². The molecular formula is C22H27N3O5S. The predicted octanol–water partition coefficient (Wildman–Crippen LogP) is 1.96. The highest BCUT2D eigenvalue weighted by Crippen LogP contribution is 2.35. The third kappa shape index (κ3) is 4.56. The van der Waals surface area contributed by atoms with Gasteiger partial charge in [-0.15, -0.1) is 0 Å². The van der Waals surface area contributed by atoms with Gasteiger partial charge in [0.25, 0.3) is 0 Å². The lowest BCUT2D eigenvalue weighted by molar-refractivity contribution is -0.132. The largest absolute Gasteiger partial charge is 0.486 e. The molecule has 2 heterocycles. The molecule has 2 aliphatic heterocycles. The SMILES string of the molecule is C[C@H](C(=O)N1CCN(c2ccccc2)CC1)N(c1ccc2c(c1)OCCO2)S(C)(=O)=O. The molecule has 1 atom stereocenters. The number of benzene rings is 2. The second-order valence-electron chi connectivity index (χ2n) is 7.71. The first kappa shape index (κ1) is 21.3. The minimum Gasteiger partial charge on any atom is -0.486 e. The molecule has 0 saturated carbocycles. The van der Waals surface area contributed by atoms with E-state index in [-0.39, 0.29) is 5.91 Å². The minimum atomic E-state index is -3.70. The number of hydrogen-bond donors (Lipinski definition) is 0. The number of carbonyl (C=O) groups is 1. The number of ether oxygens (including phenoxy) is 2. The average Bonchev–Trinajstić information content (AvgIpc) is 2.78. The zero-order valence-electron chi connectivity index (χ0n) is 17.7. The van der Waals surface area contributed by atoms with Gasteiger partial charge in [0, 0.05) is 37.9 Å². The number of carbonyl (C=O) groups excluding carboxylic acids is 1. The van der Waals surface area contributed by atoms with Crippen LogP contribution in [0.3, 0.4) is 0 Å². The molecule has 1 amide bonds. The molecule has 1 saturated heterocycles. The van der Waals surface area contributed by atoms with E-state index in [0.29, 0.717) is 56.6 Å². The van der Waals surface area contributed by atoms with E-state index < -0.39 is 16.1 Å². The zero-order valence-corrected chi connectivity index (χ0v) is 18.5. The van der Waals surface area contributed by atoms with Crippen molar-refractivity contribution in [2.75, 3.05) is 54.9 Å². The summed E-state index contributed by atoms with van der Waals surface area (Å²) >= 11 is 0. The van der Waals surface area contributed by atoms with Crippen LogP contribution in [0.5, 0.6) is 11.5 Å². The van der Waals surface area contributed by atoms with Crippen LogP contribution in [0.25, 0.3) is 0 Å². The Labute approximate surface area is 183 Å². The molecule has 0 spiro atoms. The lowest BCUT2D eigenvalue weighted by Crippen LogP contribution is -2.55. The number of hydrogen-bond acceptors (Lipinski definition) is 6. The number of para-hydroxylation sites is 1. The molecule has 2 aromatic rings. The Hall–Kier alpha value is -2.94. The van der Waals surface area contributed by atoms with E-state index in [1.165, 1.54) is 0 Å². The van der Waals surface area contributed by atoms with Gasteiger partial charge in [-0.05, 0) is 31.2 Å². The molecule has 0 unspecified atom stereocenters. The second-order valence-corrected chi connectivity index (χ2v) is 9.57. The van der Waals surface area contributed by atoms with E-state index in [9.17, 15) is 13.2 Å². The Kier molecular flexibility index (Phi) is 5.95. The van der Waals surface area contributed by atoms with E-state index in [4.69, 9.17) is 9.47 Å². The number of sulfonamides is 1. The number of rotatable bonds is 5. The van der Waals surface area contributed by atoms with Gasteiger partial charge in [0.15, 0.2) is 11.5 Å². The smallest absolute Gasteiger partial charge is 0.246 e. The van der Waals surface area contributed by atoms with E-state index in [1.54, 1.807) is 30.0 Å². The molecule has 0 bridgehead atoms. The number of piperazine rings is 1. The van der Waals surface area contributed by atoms with Crippen molar-refractivity contribution in [1.82, 2.24) is 4.90 Å². The molecule has 0 N–H and O–H groups in total. The Balaban J connectivity index is 1.50. The number of amides is 1. The highest BCUT2D eigenvalue weighted by atomic mass is 32.2. The molecule has 8 nitrogen and oxygen atoms in total. The third-order valence-corrected chi connectivity index (χ3v) is 6.80. The van der Waals surface area contributed by atoms with Crippen molar-refractivity contribution in [2.24, 2.45) is 0 Å². The van der Waals surface area contributed by atoms with Crippen LogP contribution in [0, 0.1) is 0 Å². The zero-order chi connectivity index (χ0) is 22.0. The lowest BCUT2D eigenvalue weighted by Gasteiger charge is -2.39. The molecule has 9 heteroatoms. The van der Waals surface area contributed by atoms with Gasteiger partial charge >= 0.3 is 0 Å². The van der Waals surface area contributed by atoms with Crippen molar-refractivity contribution in [2.45, 2.75) is 13.0 Å². The fourth-order valence-corrected chi connectivity index (χ4v) is 5.22. The first-order valence-electron chi connectivity index (χ1n) is 10.3. The van der Waals surface area contributed by atoms with E-state index in [0.717, 1.165) is 16.2 Å². The monoisotopic (exact) mass is 445 g/mol. The van der Waals surface area contributed by atoms with Gasteiger partial charge in [-0.25, -0.2) is 8.42 Å². The molecule has 2 aromatic carbocycles. The van der Waals surface area contributed by atoms with Crippen LogP contribution in [0.1, 0.15) is 6.92 Å². The van der Waals surface area contributed by atoms with E-state index in [1.807, 2.05) is 30.3 Å². The van der Waals surface area contributed by atoms with E-state index in [2.05, 4.69) is 4.90 Å². The summed E-state index contributed by atoms with van der Waals surface area (Å²) in [5, 5.41) is 0. The molecular weight excluding hydrogens is 418 g/mol. The van der Waals surface area contributed by atoms with Gasteiger partial charge in [-0.3, -0.25) is 9.10 Å². The van der Waals surface area contributed by atoms with Gasteiger partial charge in [0.1, 0.15) is 19.3 Å². The Morgan fingerprint density at radius 2 is 1.61 bits per heavy atom. The average molecular weight is 446 g/mol. The van der Waals surface area contributed by atoms with Gasteiger partial charge < -0.3 is 19.3 Å². The van der Waals surface area contributed by atoms with Crippen LogP contribution in [0.2, 0.25) is 0 Å². The molecule has 31 heavy (non-hydrogen) atoms. The van der Waals surface area contributed by atoms with Crippen LogP contribution >= 0.6 is 0 Å². The van der Waals surface area contributed by atoms with Crippen LogP contribution in [0.4, 0.5) is 11.4 Å². The second kappa shape index (κ2) is 8.66. The fraction of sp³-hybridized carbons (Fsp3) is 0.409. The first-order chi connectivity index (χ1) is 14.8. The number of nitrogens with zero attached hydrogens (tertiary/aromatic N) is 3. The predicted molar refractivity (Wildman–Crippen MR) is 119 cm³/mol. The highest BCUT2D eigenvalue weighted by molar-refractivity contribution is 7.92. The summed E-state index contributed by atoms with van der Waals surface area (Å²) in [5.74, 6) is 0.834. The first-order valence-corrected chi connectivity index (χ1v) is 12.2. The maximum absolute atomic E-state index is 13.2. The summed E-state index contributed by atoms with van der Waals surface area (Å²) in [6.45, 7) is 4.95. The van der Waals surface area contributed by atoms with Crippen LogP contribution < -0.4 is 18.7 Å². The molecule has 2 aliphatic rings. The van der Waals surface area contributed by atoms with Crippen LogP contribution in [-0.4, -0.2) is 70.9 Å². The Morgan fingerprint density at radius 1 is 0.968 bits per heavy atom. The summed E-state index contributed by atoms with van der Waals surface area (Å²) in [6, 6.07) is 14.1. The molecule has 166 valence electrons. The minimum absolute atomic E-state index is 0.215. The topological polar surface area (TPSA) is 79.4 Å². The van der Waals surface area contributed by atoms with Gasteiger partial charge in [0.05, 0.1) is 11.9 Å². The van der Waals surface area contributed by atoms with Crippen molar-refractivity contribution < 1.29 is 22.7 Å². The maximum Gasteiger partial charge on any atom is 0.246 e.